The van der Waals surface area contributed by atoms with Gasteiger partial charge in [-0.2, -0.15) is 0 Å². The van der Waals surface area contributed by atoms with Crippen LogP contribution in [0.25, 0.3) is 0 Å². The van der Waals surface area contributed by atoms with Crippen LogP contribution in [0.2, 0.25) is 0 Å². The Balaban J connectivity index is 1.57. The second kappa shape index (κ2) is 6.22. The molecule has 2 aliphatic heterocycles. The molecule has 0 aromatic carbocycles. The fourth-order valence-corrected chi connectivity index (χ4v) is 3.72. The summed E-state index contributed by atoms with van der Waals surface area (Å²) in [5.74, 6) is 0.293. The number of hydrogen-bond acceptors (Lipinski definition) is 2. The zero-order valence-electron chi connectivity index (χ0n) is 13.1. The van der Waals surface area contributed by atoms with Crippen molar-refractivity contribution in [1.82, 2.24) is 9.47 Å². The van der Waals surface area contributed by atoms with Crippen molar-refractivity contribution in [2.24, 2.45) is 7.05 Å². The molecule has 0 aliphatic carbocycles. The molecule has 3 atom stereocenters. The highest BCUT2D eigenvalue weighted by molar-refractivity contribution is 5.77. The maximum absolute atomic E-state index is 12.6. The minimum atomic E-state index is 0.265. The van der Waals surface area contributed by atoms with Crippen molar-refractivity contribution in [3.8, 4) is 0 Å². The van der Waals surface area contributed by atoms with Gasteiger partial charge in [-0.3, -0.25) is 4.79 Å². The zero-order chi connectivity index (χ0) is 14.8. The van der Waals surface area contributed by atoms with Gasteiger partial charge in [-0.25, -0.2) is 0 Å². The van der Waals surface area contributed by atoms with E-state index in [9.17, 15) is 4.79 Å². The van der Waals surface area contributed by atoms with Crippen LogP contribution < -0.4 is 0 Å². The van der Waals surface area contributed by atoms with Crippen LogP contribution in [0.3, 0.4) is 0 Å². The highest BCUT2D eigenvalue weighted by Crippen LogP contribution is 2.33. The van der Waals surface area contributed by atoms with Crippen LogP contribution in [0.1, 0.15) is 57.2 Å². The van der Waals surface area contributed by atoms with Gasteiger partial charge in [-0.15, -0.1) is 0 Å². The van der Waals surface area contributed by atoms with Crippen molar-refractivity contribution < 1.29 is 9.53 Å². The number of carbonyl (C=O) groups is 1. The summed E-state index contributed by atoms with van der Waals surface area (Å²) in [5, 5.41) is 0. The summed E-state index contributed by atoms with van der Waals surface area (Å²) in [5.41, 5.74) is 1.26. The molecule has 1 amide bonds. The fourth-order valence-electron chi connectivity index (χ4n) is 3.72. The van der Waals surface area contributed by atoms with E-state index in [1.165, 1.54) is 5.69 Å². The summed E-state index contributed by atoms with van der Waals surface area (Å²) in [6.45, 7) is 3.02. The molecule has 4 heteroatoms. The van der Waals surface area contributed by atoms with Crippen LogP contribution in [-0.2, 0) is 16.6 Å². The number of hydrogen-bond donors (Lipinski definition) is 0. The molecule has 0 spiro atoms. The Morgan fingerprint density at radius 1 is 1.38 bits per heavy atom. The van der Waals surface area contributed by atoms with Crippen molar-refractivity contribution in [3.63, 3.8) is 0 Å². The Bertz CT molecular complexity index is 497. The molecule has 4 nitrogen and oxygen atoms in total. The van der Waals surface area contributed by atoms with Gasteiger partial charge < -0.3 is 14.2 Å². The lowest BCUT2D eigenvalue weighted by Gasteiger charge is -2.26. The van der Waals surface area contributed by atoms with Crippen LogP contribution in [0.5, 0.6) is 0 Å². The van der Waals surface area contributed by atoms with Crippen molar-refractivity contribution in [2.45, 2.75) is 63.7 Å². The molecule has 0 bridgehead atoms. The average Bonchev–Trinajstić information content (AvgIpc) is 3.16. The first-order valence-corrected chi connectivity index (χ1v) is 8.21. The van der Waals surface area contributed by atoms with Crippen LogP contribution in [0.15, 0.2) is 18.3 Å². The lowest BCUT2D eigenvalue weighted by molar-refractivity contribution is -0.133. The van der Waals surface area contributed by atoms with Crippen molar-refractivity contribution >= 4 is 5.91 Å². The van der Waals surface area contributed by atoms with Crippen molar-refractivity contribution in [1.29, 1.82) is 0 Å². The van der Waals surface area contributed by atoms with Crippen LogP contribution in [-0.4, -0.2) is 34.1 Å². The summed E-state index contributed by atoms with van der Waals surface area (Å²) < 4.78 is 7.95. The molecular formula is C17H26N2O2. The normalized spacial score (nSPS) is 29.2. The largest absolute Gasteiger partial charge is 0.375 e. The Hall–Kier alpha value is -1.29. The highest BCUT2D eigenvalue weighted by Gasteiger charge is 2.31. The van der Waals surface area contributed by atoms with E-state index in [0.29, 0.717) is 24.5 Å². The van der Waals surface area contributed by atoms with E-state index >= 15 is 0 Å². The first-order chi connectivity index (χ1) is 10.1. The van der Waals surface area contributed by atoms with Gasteiger partial charge in [0, 0.05) is 31.9 Å². The zero-order valence-corrected chi connectivity index (χ0v) is 13.1. The first kappa shape index (κ1) is 14.6. The molecule has 3 rings (SSSR count). The number of rotatable bonds is 4. The van der Waals surface area contributed by atoms with Crippen molar-refractivity contribution in [2.75, 3.05) is 6.54 Å². The summed E-state index contributed by atoms with van der Waals surface area (Å²) in [6.07, 6.45) is 8.65. The van der Waals surface area contributed by atoms with E-state index in [2.05, 4.69) is 41.8 Å². The third-order valence-corrected chi connectivity index (χ3v) is 4.90. The topological polar surface area (TPSA) is 34.5 Å². The van der Waals surface area contributed by atoms with Gasteiger partial charge in [-0.1, -0.05) is 0 Å². The van der Waals surface area contributed by atoms with E-state index < -0.39 is 0 Å². The summed E-state index contributed by atoms with van der Waals surface area (Å²) in [4.78, 5) is 14.6. The molecular weight excluding hydrogens is 264 g/mol. The van der Waals surface area contributed by atoms with Gasteiger partial charge in [0.2, 0.25) is 5.91 Å². The second-order valence-corrected chi connectivity index (χ2v) is 6.47. The van der Waals surface area contributed by atoms with Gasteiger partial charge in [0.05, 0.1) is 18.2 Å². The second-order valence-electron chi connectivity index (χ2n) is 6.47. The maximum Gasteiger partial charge on any atom is 0.223 e. The lowest BCUT2D eigenvalue weighted by atomic mass is 10.1. The quantitative estimate of drug-likeness (QED) is 0.854. The fraction of sp³-hybridized carbons (Fsp3) is 0.706. The molecule has 1 aromatic heterocycles. The average molecular weight is 290 g/mol. The minimum Gasteiger partial charge on any atom is -0.375 e. The molecule has 1 aromatic rings. The Kier molecular flexibility index (Phi) is 4.34. The third kappa shape index (κ3) is 3.15. The Morgan fingerprint density at radius 2 is 2.24 bits per heavy atom. The van der Waals surface area contributed by atoms with E-state index in [1.54, 1.807) is 0 Å². The molecule has 21 heavy (non-hydrogen) atoms. The molecule has 0 radical (unpaired) electrons. The van der Waals surface area contributed by atoms with Crippen molar-refractivity contribution in [3.05, 3.63) is 24.0 Å². The number of carbonyl (C=O) groups excluding carboxylic acids is 1. The Labute approximate surface area is 127 Å². The number of nitrogens with zero attached hydrogens (tertiary/aromatic N) is 2. The molecule has 2 aliphatic rings. The number of amides is 1. The summed E-state index contributed by atoms with van der Waals surface area (Å²) in [7, 11) is 2.06. The number of likely N-dealkylation sites (tertiary alicyclic amines) is 1. The Morgan fingerprint density at radius 3 is 2.90 bits per heavy atom. The van der Waals surface area contributed by atoms with E-state index in [0.717, 1.165) is 38.6 Å². The van der Waals surface area contributed by atoms with E-state index in [1.807, 2.05) is 0 Å². The standard InChI is InChI=1S/C17H26N2O2/c1-13-7-8-14(21-13)9-10-17(20)19-12-4-6-16(19)15-5-3-11-18(15)2/h3,5,11,13-14,16H,4,6-10,12H2,1-2H3. The molecule has 0 saturated carbocycles. The maximum atomic E-state index is 12.6. The first-order valence-electron chi connectivity index (χ1n) is 8.21. The lowest BCUT2D eigenvalue weighted by Crippen LogP contribution is -2.31. The SMILES string of the molecule is CC1CCC(CCC(=O)N2CCCC2c2cccn2C)O1. The van der Waals surface area contributed by atoms with Crippen LogP contribution in [0, 0.1) is 0 Å². The minimum absolute atomic E-state index is 0.265. The predicted octanol–water partition coefficient (Wildman–Crippen LogP) is 3.04. The molecule has 3 unspecified atom stereocenters. The van der Waals surface area contributed by atoms with Gasteiger partial charge in [-0.05, 0) is 51.2 Å². The monoisotopic (exact) mass is 290 g/mol. The molecule has 2 saturated heterocycles. The molecule has 2 fully saturated rings. The summed E-state index contributed by atoms with van der Waals surface area (Å²) in [6, 6.07) is 4.46. The van der Waals surface area contributed by atoms with E-state index in [-0.39, 0.29) is 6.04 Å². The molecule has 0 N–H and O–H groups in total. The van der Waals surface area contributed by atoms with Gasteiger partial charge in [0.1, 0.15) is 0 Å². The van der Waals surface area contributed by atoms with Gasteiger partial charge in [0.15, 0.2) is 0 Å². The number of aromatic nitrogens is 1. The third-order valence-electron chi connectivity index (χ3n) is 4.90. The van der Waals surface area contributed by atoms with Crippen LogP contribution in [0.4, 0.5) is 0 Å². The van der Waals surface area contributed by atoms with Gasteiger partial charge >= 0.3 is 0 Å². The highest BCUT2D eigenvalue weighted by atomic mass is 16.5. The van der Waals surface area contributed by atoms with Crippen LogP contribution >= 0.6 is 0 Å². The van der Waals surface area contributed by atoms with E-state index in [4.69, 9.17) is 4.74 Å². The molecule has 3 heterocycles. The smallest absolute Gasteiger partial charge is 0.223 e. The van der Waals surface area contributed by atoms with Gasteiger partial charge in [0.25, 0.3) is 0 Å². The number of ether oxygens (including phenoxy) is 1. The molecule has 116 valence electrons. The number of aryl methyl sites for hydroxylation is 1. The predicted molar refractivity (Wildman–Crippen MR) is 81.9 cm³/mol. The summed E-state index contributed by atoms with van der Waals surface area (Å²) >= 11 is 0.